The highest BCUT2D eigenvalue weighted by atomic mass is 16.2. The van der Waals surface area contributed by atoms with E-state index in [0.717, 1.165) is 36.3 Å². The lowest BCUT2D eigenvalue weighted by Gasteiger charge is -2.33. The number of piperidine rings is 1. The van der Waals surface area contributed by atoms with Gasteiger partial charge in [0.2, 0.25) is 0 Å². The average molecular weight is 452 g/mol. The third-order valence-corrected chi connectivity index (χ3v) is 6.11. The summed E-state index contributed by atoms with van der Waals surface area (Å²) in [5.74, 6) is 0.191. The molecule has 33 heavy (non-hydrogen) atoms. The van der Waals surface area contributed by atoms with Crippen molar-refractivity contribution in [2.75, 3.05) is 46.8 Å². The van der Waals surface area contributed by atoms with Crippen molar-refractivity contribution in [1.29, 1.82) is 0 Å². The van der Waals surface area contributed by atoms with Crippen molar-refractivity contribution in [1.82, 2.24) is 25.0 Å². The molecule has 1 aliphatic heterocycles. The number of hydrogen-bond acceptors (Lipinski definition) is 4. The molecule has 1 aromatic carbocycles. The van der Waals surface area contributed by atoms with E-state index in [1.54, 1.807) is 0 Å². The summed E-state index contributed by atoms with van der Waals surface area (Å²) < 4.78 is 0. The summed E-state index contributed by atoms with van der Waals surface area (Å²) >= 11 is 0. The van der Waals surface area contributed by atoms with Crippen LogP contribution < -0.4 is 5.32 Å². The lowest BCUT2D eigenvalue weighted by Crippen LogP contribution is -2.44. The third-order valence-electron chi connectivity index (χ3n) is 6.11. The summed E-state index contributed by atoms with van der Waals surface area (Å²) in [4.78, 5) is 36.7. The van der Waals surface area contributed by atoms with Gasteiger partial charge in [0.25, 0.3) is 5.91 Å². The molecule has 7 nitrogen and oxygen atoms in total. The molecule has 7 heteroatoms. The second-order valence-corrected chi connectivity index (χ2v) is 9.00. The Hall–Kier alpha value is -2.93. The first-order valence-electron chi connectivity index (χ1n) is 11.9. The molecular weight excluding hydrogens is 414 g/mol. The lowest BCUT2D eigenvalue weighted by atomic mass is 9.89. The Morgan fingerprint density at radius 1 is 1.06 bits per heavy atom. The minimum absolute atomic E-state index is 0.0119. The van der Waals surface area contributed by atoms with Crippen molar-refractivity contribution >= 4 is 11.9 Å². The Bertz CT molecular complexity index is 924. The molecule has 0 atom stereocenters. The molecule has 0 spiro atoms. The second kappa shape index (κ2) is 11.8. The SMILES string of the molecule is CCNC(=O)N1CCC(c2nc(C)ccc2C(=O)N(CCN(C)C)Cc2ccccc2)CC1. The first kappa shape index (κ1) is 24.7. The van der Waals surface area contributed by atoms with E-state index in [4.69, 9.17) is 4.98 Å². The van der Waals surface area contributed by atoms with Gasteiger partial charge in [-0.15, -0.1) is 0 Å². The fraction of sp³-hybridized carbons (Fsp3) is 0.500. The third kappa shape index (κ3) is 6.78. The number of likely N-dealkylation sites (tertiary alicyclic amines) is 1. The topological polar surface area (TPSA) is 68.8 Å². The van der Waals surface area contributed by atoms with E-state index in [0.29, 0.717) is 38.3 Å². The minimum atomic E-state index is -0.0119. The molecule has 1 saturated heterocycles. The molecule has 2 aromatic rings. The van der Waals surface area contributed by atoms with Crippen LogP contribution in [0.1, 0.15) is 53.0 Å². The molecule has 0 radical (unpaired) electrons. The normalized spacial score (nSPS) is 14.4. The van der Waals surface area contributed by atoms with Crippen LogP contribution in [0, 0.1) is 6.92 Å². The van der Waals surface area contributed by atoms with Crippen LogP contribution in [0.2, 0.25) is 0 Å². The van der Waals surface area contributed by atoms with Gasteiger partial charge in [0.1, 0.15) is 0 Å². The van der Waals surface area contributed by atoms with E-state index in [9.17, 15) is 9.59 Å². The highest BCUT2D eigenvalue weighted by molar-refractivity contribution is 5.95. The van der Waals surface area contributed by atoms with E-state index in [-0.39, 0.29) is 17.9 Å². The second-order valence-electron chi connectivity index (χ2n) is 9.00. The number of nitrogens with one attached hydrogen (secondary N) is 1. The zero-order valence-electron chi connectivity index (χ0n) is 20.4. The van der Waals surface area contributed by atoms with Gasteiger partial charge in [0.05, 0.1) is 11.3 Å². The van der Waals surface area contributed by atoms with Crippen molar-refractivity contribution in [3.05, 3.63) is 65.0 Å². The Labute approximate surface area is 197 Å². The van der Waals surface area contributed by atoms with Crippen LogP contribution in [0.15, 0.2) is 42.5 Å². The molecule has 0 saturated carbocycles. The molecule has 3 amide bonds. The van der Waals surface area contributed by atoms with Gasteiger partial charge < -0.3 is 20.0 Å². The molecular formula is C26H37N5O2. The number of aryl methyl sites for hydroxylation is 1. The predicted molar refractivity (Wildman–Crippen MR) is 131 cm³/mol. The van der Waals surface area contributed by atoms with E-state index in [1.165, 1.54) is 0 Å². The van der Waals surface area contributed by atoms with Gasteiger partial charge >= 0.3 is 6.03 Å². The predicted octanol–water partition coefficient (Wildman–Crippen LogP) is 3.50. The lowest BCUT2D eigenvalue weighted by molar-refractivity contribution is 0.0728. The van der Waals surface area contributed by atoms with Gasteiger partial charge in [-0.2, -0.15) is 0 Å². The van der Waals surface area contributed by atoms with E-state index < -0.39 is 0 Å². The highest BCUT2D eigenvalue weighted by Crippen LogP contribution is 2.30. The maximum atomic E-state index is 13.8. The Morgan fingerprint density at radius 3 is 2.39 bits per heavy atom. The maximum Gasteiger partial charge on any atom is 0.317 e. The summed E-state index contributed by atoms with van der Waals surface area (Å²) in [7, 11) is 4.04. The molecule has 2 heterocycles. The van der Waals surface area contributed by atoms with Crippen LogP contribution in [0.5, 0.6) is 0 Å². The standard InChI is InChI=1S/C26H37N5O2/c1-5-27-26(33)30-15-13-22(14-16-30)24-23(12-11-20(2)28-24)25(32)31(18-17-29(3)4)19-21-9-7-6-8-10-21/h6-12,22H,5,13-19H2,1-4H3,(H,27,33). The van der Waals surface area contributed by atoms with Crippen LogP contribution in [0.3, 0.4) is 0 Å². The molecule has 0 bridgehead atoms. The maximum absolute atomic E-state index is 13.8. The van der Waals surface area contributed by atoms with Gasteiger partial charge in [-0.05, 0) is 58.5 Å². The number of rotatable bonds is 8. The zero-order chi connectivity index (χ0) is 23.8. The first-order valence-corrected chi connectivity index (χ1v) is 11.9. The van der Waals surface area contributed by atoms with Gasteiger partial charge in [-0.25, -0.2) is 4.79 Å². The Morgan fingerprint density at radius 2 is 1.76 bits per heavy atom. The van der Waals surface area contributed by atoms with Gasteiger partial charge in [0, 0.05) is 50.9 Å². The Kier molecular flexibility index (Phi) is 8.83. The smallest absolute Gasteiger partial charge is 0.317 e. The van der Waals surface area contributed by atoms with E-state index in [2.05, 4.69) is 22.3 Å². The van der Waals surface area contributed by atoms with Crippen LogP contribution in [-0.2, 0) is 6.54 Å². The number of benzene rings is 1. The number of carbonyl (C=O) groups is 2. The van der Waals surface area contributed by atoms with Crippen LogP contribution in [0.4, 0.5) is 4.79 Å². The monoisotopic (exact) mass is 451 g/mol. The summed E-state index contributed by atoms with van der Waals surface area (Å²) in [6.45, 7) is 7.87. The van der Waals surface area contributed by atoms with Crippen molar-refractivity contribution in [2.45, 2.75) is 39.2 Å². The summed E-state index contributed by atoms with van der Waals surface area (Å²) in [5, 5.41) is 2.88. The Balaban J connectivity index is 1.82. The first-order chi connectivity index (χ1) is 15.9. The number of carbonyl (C=O) groups excluding carboxylic acids is 2. The molecule has 0 aliphatic carbocycles. The van der Waals surface area contributed by atoms with E-state index >= 15 is 0 Å². The largest absolute Gasteiger partial charge is 0.338 e. The van der Waals surface area contributed by atoms with Gasteiger partial charge in [-0.1, -0.05) is 30.3 Å². The zero-order valence-corrected chi connectivity index (χ0v) is 20.4. The quantitative estimate of drug-likeness (QED) is 0.667. The number of hydrogen-bond donors (Lipinski definition) is 1. The molecule has 0 unspecified atom stereocenters. The number of pyridine rings is 1. The molecule has 1 aromatic heterocycles. The summed E-state index contributed by atoms with van der Waals surface area (Å²) in [6, 6.07) is 14.0. The van der Waals surface area contributed by atoms with Crippen molar-refractivity contribution in [3.63, 3.8) is 0 Å². The summed E-state index contributed by atoms with van der Waals surface area (Å²) in [6.07, 6.45) is 1.62. The van der Waals surface area contributed by atoms with Gasteiger partial charge in [-0.3, -0.25) is 9.78 Å². The molecule has 1 fully saturated rings. The molecule has 1 aliphatic rings. The number of urea groups is 1. The summed E-state index contributed by atoms with van der Waals surface area (Å²) in [5.41, 5.74) is 3.59. The van der Waals surface area contributed by atoms with Crippen LogP contribution in [0.25, 0.3) is 0 Å². The van der Waals surface area contributed by atoms with Crippen molar-refractivity contribution < 1.29 is 9.59 Å². The molecule has 178 valence electrons. The minimum Gasteiger partial charge on any atom is -0.338 e. The van der Waals surface area contributed by atoms with E-state index in [1.807, 2.05) is 68.1 Å². The molecule has 1 N–H and O–H groups in total. The fourth-order valence-corrected chi connectivity index (χ4v) is 4.24. The van der Waals surface area contributed by atoms with Crippen molar-refractivity contribution in [3.8, 4) is 0 Å². The number of nitrogens with zero attached hydrogens (tertiary/aromatic N) is 4. The average Bonchev–Trinajstić information content (AvgIpc) is 2.82. The fourth-order valence-electron chi connectivity index (χ4n) is 4.24. The van der Waals surface area contributed by atoms with Crippen LogP contribution in [-0.4, -0.2) is 78.4 Å². The highest BCUT2D eigenvalue weighted by Gasteiger charge is 2.29. The van der Waals surface area contributed by atoms with Gasteiger partial charge in [0.15, 0.2) is 0 Å². The van der Waals surface area contributed by atoms with Crippen molar-refractivity contribution in [2.24, 2.45) is 0 Å². The number of amides is 3. The van der Waals surface area contributed by atoms with Crippen LogP contribution >= 0.6 is 0 Å². The molecule has 3 rings (SSSR count). The number of aromatic nitrogens is 1. The number of likely N-dealkylation sites (N-methyl/N-ethyl adjacent to an activating group) is 1.